The summed E-state index contributed by atoms with van der Waals surface area (Å²) in [5.41, 5.74) is 3.89. The smallest absolute Gasteiger partial charge is 0.325 e. The van der Waals surface area contributed by atoms with Crippen LogP contribution < -0.4 is 0 Å². The molecule has 30 heavy (non-hydrogen) atoms. The molecule has 0 unspecified atom stereocenters. The molecule has 6 nitrogen and oxygen atoms in total. The quantitative estimate of drug-likeness (QED) is 0.461. The second-order valence-electron chi connectivity index (χ2n) is 7.00. The van der Waals surface area contributed by atoms with E-state index >= 15 is 0 Å². The molecule has 0 spiro atoms. The zero-order valence-electron chi connectivity index (χ0n) is 16.8. The molecule has 0 radical (unpaired) electrons. The Morgan fingerprint density at radius 1 is 1.10 bits per heavy atom. The Labute approximate surface area is 178 Å². The monoisotopic (exact) mass is 420 g/mol. The van der Waals surface area contributed by atoms with Crippen LogP contribution in [-0.2, 0) is 14.3 Å². The maximum atomic E-state index is 12.6. The van der Waals surface area contributed by atoms with Crippen molar-refractivity contribution in [3.63, 3.8) is 0 Å². The van der Waals surface area contributed by atoms with Crippen molar-refractivity contribution in [2.45, 2.75) is 13.8 Å². The number of carbonyl (C=O) groups is 3. The van der Waals surface area contributed by atoms with E-state index < -0.39 is 17.1 Å². The van der Waals surface area contributed by atoms with Gasteiger partial charge in [-0.2, -0.15) is 0 Å². The van der Waals surface area contributed by atoms with Gasteiger partial charge in [-0.15, -0.1) is 0 Å². The predicted octanol–water partition coefficient (Wildman–Crippen LogP) is 4.46. The Balaban J connectivity index is 1.74. The third-order valence-electron chi connectivity index (χ3n) is 5.15. The number of esters is 1. The van der Waals surface area contributed by atoms with Gasteiger partial charge in [0.25, 0.3) is 11.1 Å². The summed E-state index contributed by atoms with van der Waals surface area (Å²) in [5, 5.41) is 1.80. The van der Waals surface area contributed by atoms with Crippen molar-refractivity contribution in [1.29, 1.82) is 0 Å². The van der Waals surface area contributed by atoms with Gasteiger partial charge in [-0.05, 0) is 54.8 Å². The first kappa shape index (κ1) is 20.0. The fraction of sp³-hybridized carbons (Fsp3) is 0.174. The maximum Gasteiger partial charge on any atom is 0.325 e. The Morgan fingerprint density at radius 2 is 1.83 bits per heavy atom. The van der Waals surface area contributed by atoms with E-state index in [4.69, 9.17) is 0 Å². The molecule has 1 aliphatic rings. The standard InChI is InChI=1S/C23H20N2O4S/c1-14-11-17(12-20-22(27)24(23(28)30-20)13-21(26)29-3)15(2)25(14)19-10-6-8-16-7-4-5-9-18(16)19/h4-12H,13H2,1-3H3/b20-12+. The molecule has 1 fully saturated rings. The van der Waals surface area contributed by atoms with Gasteiger partial charge in [-0.25, -0.2) is 0 Å². The van der Waals surface area contributed by atoms with Gasteiger partial charge in [0.05, 0.1) is 17.7 Å². The third-order valence-corrected chi connectivity index (χ3v) is 6.06. The van der Waals surface area contributed by atoms with Gasteiger partial charge in [0.15, 0.2) is 0 Å². The first-order valence-electron chi connectivity index (χ1n) is 9.40. The van der Waals surface area contributed by atoms with Crippen LogP contribution in [0.15, 0.2) is 53.4 Å². The molecule has 0 N–H and O–H groups in total. The molecule has 2 heterocycles. The average molecular weight is 420 g/mol. The number of amides is 2. The number of benzene rings is 2. The predicted molar refractivity (Wildman–Crippen MR) is 117 cm³/mol. The van der Waals surface area contributed by atoms with Crippen molar-refractivity contribution in [2.24, 2.45) is 0 Å². The number of imide groups is 1. The first-order valence-corrected chi connectivity index (χ1v) is 10.2. The summed E-state index contributed by atoms with van der Waals surface area (Å²) in [6, 6.07) is 16.3. The van der Waals surface area contributed by atoms with Crippen molar-refractivity contribution in [2.75, 3.05) is 13.7 Å². The van der Waals surface area contributed by atoms with E-state index in [0.717, 1.165) is 50.1 Å². The number of fused-ring (bicyclic) bond motifs is 1. The Kier molecular flexibility index (Phi) is 5.22. The lowest BCUT2D eigenvalue weighted by Crippen LogP contribution is -2.34. The molecule has 7 heteroatoms. The van der Waals surface area contributed by atoms with Gasteiger partial charge >= 0.3 is 5.97 Å². The summed E-state index contributed by atoms with van der Waals surface area (Å²) >= 11 is 0.833. The van der Waals surface area contributed by atoms with Gasteiger partial charge < -0.3 is 9.30 Å². The SMILES string of the molecule is COC(=O)CN1C(=O)S/C(=C/c2cc(C)n(-c3cccc4ccccc34)c2C)C1=O. The van der Waals surface area contributed by atoms with Crippen LogP contribution in [0.3, 0.4) is 0 Å². The molecule has 1 saturated heterocycles. The lowest BCUT2D eigenvalue weighted by atomic mass is 10.1. The number of aromatic nitrogens is 1. The lowest BCUT2D eigenvalue weighted by Gasteiger charge is -2.13. The van der Waals surface area contributed by atoms with Crippen LogP contribution >= 0.6 is 11.8 Å². The van der Waals surface area contributed by atoms with Crippen LogP contribution in [-0.4, -0.2) is 40.2 Å². The summed E-state index contributed by atoms with van der Waals surface area (Å²) in [7, 11) is 1.22. The second kappa shape index (κ2) is 7.84. The van der Waals surface area contributed by atoms with Crippen molar-refractivity contribution in [3.05, 3.63) is 70.4 Å². The van der Waals surface area contributed by atoms with Crippen molar-refractivity contribution >= 4 is 45.7 Å². The maximum absolute atomic E-state index is 12.6. The highest BCUT2D eigenvalue weighted by Crippen LogP contribution is 2.34. The number of thioether (sulfide) groups is 1. The largest absolute Gasteiger partial charge is 0.468 e. The van der Waals surface area contributed by atoms with Crippen molar-refractivity contribution in [3.8, 4) is 5.69 Å². The molecule has 1 aromatic heterocycles. The number of carbonyl (C=O) groups excluding carboxylic acids is 3. The fourth-order valence-corrected chi connectivity index (χ4v) is 4.51. The van der Waals surface area contributed by atoms with E-state index in [1.807, 2.05) is 38.1 Å². The molecule has 0 aliphatic carbocycles. The molecule has 1 aliphatic heterocycles. The number of aryl methyl sites for hydroxylation is 1. The van der Waals surface area contributed by atoms with Crippen LogP contribution in [0, 0.1) is 13.8 Å². The minimum absolute atomic E-state index is 0.294. The molecule has 2 aromatic carbocycles. The molecular weight excluding hydrogens is 400 g/mol. The van der Waals surface area contributed by atoms with Crippen LogP contribution in [0.2, 0.25) is 0 Å². The minimum Gasteiger partial charge on any atom is -0.468 e. The lowest BCUT2D eigenvalue weighted by molar-refractivity contribution is -0.143. The number of rotatable bonds is 4. The molecule has 152 valence electrons. The minimum atomic E-state index is -0.632. The number of nitrogens with zero attached hydrogens (tertiary/aromatic N) is 2. The normalized spacial score (nSPS) is 15.4. The molecular formula is C23H20N2O4S. The Bertz CT molecular complexity index is 1220. The highest BCUT2D eigenvalue weighted by molar-refractivity contribution is 8.18. The first-order chi connectivity index (χ1) is 14.4. The third kappa shape index (κ3) is 3.41. The molecule has 0 bridgehead atoms. The van der Waals surface area contributed by atoms with E-state index in [1.165, 1.54) is 7.11 Å². The van der Waals surface area contributed by atoms with Crippen molar-refractivity contribution in [1.82, 2.24) is 9.47 Å². The average Bonchev–Trinajstić information content (AvgIpc) is 3.17. The van der Waals surface area contributed by atoms with Gasteiger partial charge in [0.2, 0.25) is 0 Å². The molecule has 4 rings (SSSR count). The molecule has 3 aromatic rings. The number of ether oxygens (including phenoxy) is 1. The van der Waals surface area contributed by atoms with Gasteiger partial charge in [0, 0.05) is 16.8 Å². The van der Waals surface area contributed by atoms with E-state index in [2.05, 4.69) is 33.6 Å². The summed E-state index contributed by atoms with van der Waals surface area (Å²) in [6.07, 6.45) is 1.71. The Morgan fingerprint density at radius 3 is 2.60 bits per heavy atom. The topological polar surface area (TPSA) is 68.6 Å². The zero-order chi connectivity index (χ0) is 21.4. The zero-order valence-corrected chi connectivity index (χ0v) is 17.7. The van der Waals surface area contributed by atoms with Crippen LogP contribution in [0.25, 0.3) is 22.5 Å². The van der Waals surface area contributed by atoms with Gasteiger partial charge in [-0.1, -0.05) is 36.4 Å². The van der Waals surface area contributed by atoms with Crippen LogP contribution in [0.5, 0.6) is 0 Å². The summed E-state index contributed by atoms with van der Waals surface area (Å²) in [4.78, 5) is 37.5. The Hall–Kier alpha value is -3.32. The highest BCUT2D eigenvalue weighted by Gasteiger charge is 2.36. The van der Waals surface area contributed by atoms with E-state index in [9.17, 15) is 14.4 Å². The van der Waals surface area contributed by atoms with E-state index in [1.54, 1.807) is 6.08 Å². The molecule has 0 atom stereocenters. The summed E-state index contributed by atoms with van der Waals surface area (Å²) in [6.45, 7) is 3.61. The molecule has 0 saturated carbocycles. The summed E-state index contributed by atoms with van der Waals surface area (Å²) < 4.78 is 6.71. The van der Waals surface area contributed by atoms with Crippen molar-refractivity contribution < 1.29 is 19.1 Å². The highest BCUT2D eigenvalue weighted by atomic mass is 32.2. The number of hydrogen-bond donors (Lipinski definition) is 0. The summed E-state index contributed by atoms with van der Waals surface area (Å²) in [5.74, 6) is -1.11. The van der Waals surface area contributed by atoms with E-state index in [0.29, 0.717) is 4.91 Å². The van der Waals surface area contributed by atoms with Crippen LogP contribution in [0.1, 0.15) is 17.0 Å². The van der Waals surface area contributed by atoms with Crippen LogP contribution in [0.4, 0.5) is 4.79 Å². The van der Waals surface area contributed by atoms with Gasteiger partial charge in [-0.3, -0.25) is 19.3 Å². The molecule has 2 amide bonds. The number of hydrogen-bond acceptors (Lipinski definition) is 5. The van der Waals surface area contributed by atoms with Gasteiger partial charge in [0.1, 0.15) is 6.54 Å². The van der Waals surface area contributed by atoms with E-state index in [-0.39, 0.29) is 6.54 Å². The fourth-order valence-electron chi connectivity index (χ4n) is 3.68. The second-order valence-corrected chi connectivity index (χ2v) is 8.00. The number of methoxy groups -OCH3 is 1.